The van der Waals surface area contributed by atoms with Gasteiger partial charge in [0, 0.05) is 23.0 Å². The Kier molecular flexibility index (Phi) is 3.04. The number of pyridine rings is 1. The van der Waals surface area contributed by atoms with Gasteiger partial charge in [0.2, 0.25) is 0 Å². The summed E-state index contributed by atoms with van der Waals surface area (Å²) in [6.07, 6.45) is 3.19. The Labute approximate surface area is 99.8 Å². The smallest absolute Gasteiger partial charge is 0.254 e. The average Bonchev–Trinajstić information content (AvgIpc) is 2.29. The Balaban J connectivity index is 2.63. The number of aromatic nitrogens is 3. The fourth-order valence-electron chi connectivity index (χ4n) is 1.78. The van der Waals surface area contributed by atoms with Crippen LogP contribution in [-0.2, 0) is 0 Å². The molecule has 0 aliphatic heterocycles. The molecule has 0 radical (unpaired) electrons. The molecule has 2 rings (SSSR count). The van der Waals surface area contributed by atoms with Crippen LogP contribution in [0.4, 0.5) is 0 Å². The van der Waals surface area contributed by atoms with Crippen molar-refractivity contribution in [2.45, 2.75) is 26.7 Å². The van der Waals surface area contributed by atoms with E-state index in [1.165, 1.54) is 6.33 Å². The van der Waals surface area contributed by atoms with Crippen LogP contribution in [0.2, 0.25) is 0 Å². The van der Waals surface area contributed by atoms with E-state index in [1.807, 2.05) is 32.9 Å². The summed E-state index contributed by atoms with van der Waals surface area (Å²) in [5, 5.41) is 0. The second-order valence-corrected chi connectivity index (χ2v) is 4.34. The van der Waals surface area contributed by atoms with Gasteiger partial charge in [-0.3, -0.25) is 9.78 Å². The zero-order chi connectivity index (χ0) is 12.4. The summed E-state index contributed by atoms with van der Waals surface area (Å²) in [6.45, 7) is 5.90. The van der Waals surface area contributed by atoms with Crippen LogP contribution in [0.15, 0.2) is 29.5 Å². The molecule has 0 bridgehead atoms. The number of hydrogen-bond acceptors (Lipinski definition) is 3. The lowest BCUT2D eigenvalue weighted by Crippen LogP contribution is -2.16. The van der Waals surface area contributed by atoms with Crippen LogP contribution in [0.25, 0.3) is 11.3 Å². The Morgan fingerprint density at radius 1 is 1.24 bits per heavy atom. The van der Waals surface area contributed by atoms with E-state index in [-0.39, 0.29) is 11.5 Å². The van der Waals surface area contributed by atoms with Gasteiger partial charge in [0.25, 0.3) is 5.56 Å². The molecule has 2 aromatic heterocycles. The van der Waals surface area contributed by atoms with Crippen molar-refractivity contribution < 1.29 is 0 Å². The highest BCUT2D eigenvalue weighted by Gasteiger charge is 2.13. The lowest BCUT2D eigenvalue weighted by Gasteiger charge is -2.09. The van der Waals surface area contributed by atoms with Gasteiger partial charge in [-0.05, 0) is 25.0 Å². The SMILES string of the molecule is Cc1ccc(-c2nc[nH]c(=O)c2C(C)C)cn1. The standard InChI is InChI=1S/C13H15N3O/c1-8(2)11-12(15-7-16-13(11)17)10-5-4-9(3)14-6-10/h4-8H,1-3H3,(H,15,16,17). The van der Waals surface area contributed by atoms with Gasteiger partial charge in [-0.25, -0.2) is 4.98 Å². The van der Waals surface area contributed by atoms with Gasteiger partial charge >= 0.3 is 0 Å². The molecule has 2 aromatic rings. The maximum atomic E-state index is 11.8. The van der Waals surface area contributed by atoms with Crippen LogP contribution in [0, 0.1) is 6.92 Å². The summed E-state index contributed by atoms with van der Waals surface area (Å²) >= 11 is 0. The normalized spacial score (nSPS) is 10.8. The second kappa shape index (κ2) is 4.49. The third-order valence-electron chi connectivity index (χ3n) is 2.65. The number of rotatable bonds is 2. The molecule has 4 heteroatoms. The minimum absolute atomic E-state index is 0.0782. The fourth-order valence-corrected chi connectivity index (χ4v) is 1.78. The topological polar surface area (TPSA) is 58.6 Å². The predicted molar refractivity (Wildman–Crippen MR) is 66.9 cm³/mol. The van der Waals surface area contributed by atoms with E-state index in [1.54, 1.807) is 6.20 Å². The van der Waals surface area contributed by atoms with Crippen LogP contribution < -0.4 is 5.56 Å². The number of aromatic amines is 1. The van der Waals surface area contributed by atoms with Crippen LogP contribution in [0.1, 0.15) is 31.0 Å². The molecular formula is C13H15N3O. The summed E-state index contributed by atoms with van der Waals surface area (Å²) in [4.78, 5) is 22.9. The lowest BCUT2D eigenvalue weighted by molar-refractivity contribution is 0.833. The molecular weight excluding hydrogens is 214 g/mol. The molecule has 0 aromatic carbocycles. The molecule has 4 nitrogen and oxygen atoms in total. The highest BCUT2D eigenvalue weighted by Crippen LogP contribution is 2.23. The van der Waals surface area contributed by atoms with Crippen LogP contribution >= 0.6 is 0 Å². The van der Waals surface area contributed by atoms with Crippen molar-refractivity contribution in [3.05, 3.63) is 46.3 Å². The lowest BCUT2D eigenvalue weighted by atomic mass is 9.99. The minimum Gasteiger partial charge on any atom is -0.313 e. The highest BCUT2D eigenvalue weighted by atomic mass is 16.1. The monoisotopic (exact) mass is 229 g/mol. The Hall–Kier alpha value is -1.97. The van der Waals surface area contributed by atoms with Gasteiger partial charge in [-0.2, -0.15) is 0 Å². The van der Waals surface area contributed by atoms with Gasteiger partial charge in [0.1, 0.15) is 0 Å². The number of hydrogen-bond donors (Lipinski definition) is 1. The summed E-state index contributed by atoms with van der Waals surface area (Å²) < 4.78 is 0. The van der Waals surface area contributed by atoms with Gasteiger partial charge in [0.05, 0.1) is 12.0 Å². The van der Waals surface area contributed by atoms with E-state index in [0.29, 0.717) is 5.56 Å². The molecule has 0 unspecified atom stereocenters. The molecule has 0 spiro atoms. The maximum Gasteiger partial charge on any atom is 0.254 e. The van der Waals surface area contributed by atoms with E-state index in [9.17, 15) is 4.79 Å². The van der Waals surface area contributed by atoms with Gasteiger partial charge < -0.3 is 4.98 Å². The van der Waals surface area contributed by atoms with E-state index in [2.05, 4.69) is 15.0 Å². The summed E-state index contributed by atoms with van der Waals surface area (Å²) in [5.74, 6) is 0.128. The van der Waals surface area contributed by atoms with Crippen molar-refractivity contribution in [2.24, 2.45) is 0 Å². The molecule has 88 valence electrons. The summed E-state index contributed by atoms with van der Waals surface area (Å²) in [7, 11) is 0. The largest absolute Gasteiger partial charge is 0.313 e. The first-order valence-corrected chi connectivity index (χ1v) is 5.60. The first-order chi connectivity index (χ1) is 8.09. The van der Waals surface area contributed by atoms with Gasteiger partial charge in [-0.15, -0.1) is 0 Å². The maximum absolute atomic E-state index is 11.8. The summed E-state index contributed by atoms with van der Waals surface area (Å²) in [6, 6.07) is 3.86. The predicted octanol–water partition coefficient (Wildman–Crippen LogP) is 2.26. The number of H-pyrrole nitrogens is 1. The summed E-state index contributed by atoms with van der Waals surface area (Å²) in [5.41, 5.74) is 3.18. The Morgan fingerprint density at radius 3 is 2.59 bits per heavy atom. The molecule has 0 aliphatic carbocycles. The first-order valence-electron chi connectivity index (χ1n) is 5.60. The number of nitrogens with one attached hydrogen (secondary N) is 1. The molecule has 0 saturated carbocycles. The molecule has 2 heterocycles. The molecule has 0 saturated heterocycles. The number of nitrogens with zero attached hydrogens (tertiary/aromatic N) is 2. The van der Waals surface area contributed by atoms with Crippen LogP contribution in [0.3, 0.4) is 0 Å². The van der Waals surface area contributed by atoms with Crippen molar-refractivity contribution in [2.75, 3.05) is 0 Å². The highest BCUT2D eigenvalue weighted by molar-refractivity contribution is 5.62. The molecule has 0 amide bonds. The van der Waals surface area contributed by atoms with Crippen molar-refractivity contribution in [3.63, 3.8) is 0 Å². The third kappa shape index (κ3) is 2.25. The van der Waals surface area contributed by atoms with Crippen molar-refractivity contribution in [3.8, 4) is 11.3 Å². The quantitative estimate of drug-likeness (QED) is 0.859. The second-order valence-electron chi connectivity index (χ2n) is 4.34. The van der Waals surface area contributed by atoms with E-state index >= 15 is 0 Å². The Bertz CT molecular complexity index is 570. The van der Waals surface area contributed by atoms with Crippen molar-refractivity contribution in [1.82, 2.24) is 15.0 Å². The average molecular weight is 229 g/mol. The fraction of sp³-hybridized carbons (Fsp3) is 0.308. The van der Waals surface area contributed by atoms with Gasteiger partial charge in [0.15, 0.2) is 0 Å². The van der Waals surface area contributed by atoms with Crippen LogP contribution in [0.5, 0.6) is 0 Å². The number of aryl methyl sites for hydroxylation is 1. The molecule has 0 fully saturated rings. The van der Waals surface area contributed by atoms with E-state index in [0.717, 1.165) is 17.0 Å². The van der Waals surface area contributed by atoms with E-state index in [4.69, 9.17) is 0 Å². The van der Waals surface area contributed by atoms with Crippen molar-refractivity contribution >= 4 is 0 Å². The Morgan fingerprint density at radius 2 is 2.00 bits per heavy atom. The molecule has 0 atom stereocenters. The molecule has 0 aliphatic rings. The molecule has 1 N–H and O–H groups in total. The van der Waals surface area contributed by atoms with E-state index < -0.39 is 0 Å². The zero-order valence-electron chi connectivity index (χ0n) is 10.2. The third-order valence-corrected chi connectivity index (χ3v) is 2.65. The first kappa shape index (κ1) is 11.5. The zero-order valence-corrected chi connectivity index (χ0v) is 10.2. The minimum atomic E-state index is -0.0782. The van der Waals surface area contributed by atoms with Crippen LogP contribution in [-0.4, -0.2) is 15.0 Å². The van der Waals surface area contributed by atoms with Gasteiger partial charge in [-0.1, -0.05) is 13.8 Å². The van der Waals surface area contributed by atoms with Crippen molar-refractivity contribution in [1.29, 1.82) is 0 Å². The molecule has 17 heavy (non-hydrogen) atoms.